The van der Waals surface area contributed by atoms with Crippen LogP contribution in [0.4, 0.5) is 27.9 Å². The van der Waals surface area contributed by atoms with E-state index >= 15 is 0 Å². The van der Waals surface area contributed by atoms with Gasteiger partial charge in [0.1, 0.15) is 18.6 Å². The van der Waals surface area contributed by atoms with Crippen molar-refractivity contribution < 1.29 is 14.3 Å². The number of carbonyl (C=O) groups is 1. The van der Waals surface area contributed by atoms with E-state index in [1.807, 2.05) is 30.3 Å². The molecule has 0 aliphatic carbocycles. The summed E-state index contributed by atoms with van der Waals surface area (Å²) in [6.45, 7) is 10.6. The van der Waals surface area contributed by atoms with Gasteiger partial charge in [-0.1, -0.05) is 17.9 Å². The lowest BCUT2D eigenvalue weighted by molar-refractivity contribution is -0.104. The number of carbonyl (C=O) groups excluding carboxylic acids is 1. The Labute approximate surface area is 235 Å². The minimum atomic E-state index is 0.552. The Balaban J connectivity index is 0.000000284. The van der Waals surface area contributed by atoms with Gasteiger partial charge in [-0.15, -0.1) is 0 Å². The van der Waals surface area contributed by atoms with E-state index in [0.717, 1.165) is 46.1 Å². The fraction of sp³-hybridized carbons (Fsp3) is 0.241. The van der Waals surface area contributed by atoms with Crippen LogP contribution in [0, 0.1) is 0 Å². The van der Waals surface area contributed by atoms with Crippen LogP contribution in [0.25, 0.3) is 10.2 Å². The molecule has 10 heteroatoms. The third-order valence-electron chi connectivity index (χ3n) is 4.99. The van der Waals surface area contributed by atoms with Crippen molar-refractivity contribution in [3.8, 4) is 5.75 Å². The molecule has 0 unspecified atom stereocenters. The van der Waals surface area contributed by atoms with Gasteiger partial charge in [0.25, 0.3) is 0 Å². The van der Waals surface area contributed by atoms with Crippen molar-refractivity contribution in [2.45, 2.75) is 13.8 Å². The van der Waals surface area contributed by atoms with Crippen LogP contribution in [0.15, 0.2) is 79.4 Å². The average Bonchev–Trinajstić information content (AvgIpc) is 3.32. The molecule has 4 aromatic rings. The van der Waals surface area contributed by atoms with Gasteiger partial charge in [-0.2, -0.15) is 0 Å². The number of anilines is 5. The van der Waals surface area contributed by atoms with Crippen molar-refractivity contribution in [2.75, 3.05) is 61.2 Å². The molecule has 0 saturated heterocycles. The molecule has 9 nitrogen and oxygen atoms in total. The van der Waals surface area contributed by atoms with E-state index < -0.39 is 0 Å². The molecule has 0 amide bonds. The van der Waals surface area contributed by atoms with Crippen LogP contribution in [-0.4, -0.2) is 44.7 Å². The molecule has 0 fully saturated rings. The largest absolute Gasteiger partial charge is 0.491 e. The summed E-state index contributed by atoms with van der Waals surface area (Å²) in [6, 6.07) is 20.8. The Bertz CT molecular complexity index is 1200. The van der Waals surface area contributed by atoms with E-state index in [-0.39, 0.29) is 0 Å². The Morgan fingerprint density at radius 2 is 1.38 bits per heavy atom. The number of nitrogen functional groups attached to an aromatic ring is 4. The van der Waals surface area contributed by atoms with E-state index in [0.29, 0.717) is 24.6 Å². The molecule has 4 rings (SSSR count). The van der Waals surface area contributed by atoms with Gasteiger partial charge in [0.15, 0.2) is 5.13 Å². The molecule has 39 heavy (non-hydrogen) atoms. The lowest BCUT2D eigenvalue weighted by Gasteiger charge is -2.20. The molecular weight excluding hydrogens is 512 g/mol. The first-order valence-electron chi connectivity index (χ1n) is 12.3. The second-order valence-electron chi connectivity index (χ2n) is 7.83. The van der Waals surface area contributed by atoms with Crippen LogP contribution in [-0.2, 0) is 9.53 Å². The van der Waals surface area contributed by atoms with Gasteiger partial charge in [0, 0.05) is 42.9 Å². The number of benzene rings is 3. The van der Waals surface area contributed by atoms with E-state index in [1.54, 1.807) is 31.4 Å². The summed E-state index contributed by atoms with van der Waals surface area (Å²) in [7, 11) is 1.65. The fourth-order valence-corrected chi connectivity index (χ4v) is 3.79. The first-order valence-corrected chi connectivity index (χ1v) is 13.1. The SMILES string of the molecule is C=CC=O.CCN(CC)c1ccc(N)cc1.COCCOc1ccc2nc(N)sc2c1.Nc1ccc(N)cc1. The van der Waals surface area contributed by atoms with Gasteiger partial charge in [0.2, 0.25) is 0 Å². The highest BCUT2D eigenvalue weighted by Crippen LogP contribution is 2.27. The molecule has 8 N–H and O–H groups in total. The number of ether oxygens (including phenoxy) is 2. The molecule has 1 heterocycles. The van der Waals surface area contributed by atoms with Gasteiger partial charge in [0.05, 0.1) is 16.8 Å². The molecule has 0 saturated carbocycles. The van der Waals surface area contributed by atoms with Crippen molar-refractivity contribution in [2.24, 2.45) is 0 Å². The van der Waals surface area contributed by atoms with Crippen LogP contribution < -0.4 is 32.6 Å². The van der Waals surface area contributed by atoms with E-state index in [1.165, 1.54) is 23.1 Å². The van der Waals surface area contributed by atoms with E-state index in [2.05, 4.69) is 42.4 Å². The Morgan fingerprint density at radius 3 is 1.85 bits per heavy atom. The lowest BCUT2D eigenvalue weighted by atomic mass is 10.2. The highest BCUT2D eigenvalue weighted by molar-refractivity contribution is 7.22. The summed E-state index contributed by atoms with van der Waals surface area (Å²) in [5, 5.41) is 0.582. The zero-order valence-electron chi connectivity index (χ0n) is 22.9. The van der Waals surface area contributed by atoms with Crippen LogP contribution in [0.2, 0.25) is 0 Å². The number of thiazole rings is 1. The van der Waals surface area contributed by atoms with Gasteiger partial charge in [-0.05, 0) is 86.7 Å². The monoisotopic (exact) mass is 552 g/mol. The number of aldehydes is 1. The summed E-state index contributed by atoms with van der Waals surface area (Å²) < 4.78 is 11.4. The number of rotatable bonds is 8. The zero-order valence-corrected chi connectivity index (χ0v) is 23.7. The maximum atomic E-state index is 9.06. The van der Waals surface area contributed by atoms with Gasteiger partial charge < -0.3 is 37.3 Å². The summed E-state index contributed by atoms with van der Waals surface area (Å²) in [5.74, 6) is 0.822. The van der Waals surface area contributed by atoms with E-state index in [4.69, 9.17) is 37.2 Å². The Hall–Kier alpha value is -4.28. The molecule has 0 spiro atoms. The second kappa shape index (κ2) is 18.9. The fourth-order valence-electron chi connectivity index (χ4n) is 3.03. The summed E-state index contributed by atoms with van der Waals surface area (Å²) >= 11 is 1.46. The molecule has 1 aromatic heterocycles. The minimum Gasteiger partial charge on any atom is -0.491 e. The van der Waals surface area contributed by atoms with Gasteiger partial charge in [-0.3, -0.25) is 4.79 Å². The second-order valence-corrected chi connectivity index (χ2v) is 8.89. The molecule has 0 atom stereocenters. The normalized spacial score (nSPS) is 9.51. The first-order chi connectivity index (χ1) is 18.8. The maximum Gasteiger partial charge on any atom is 0.181 e. The number of nitrogens with two attached hydrogens (primary N) is 4. The van der Waals surface area contributed by atoms with Crippen molar-refractivity contribution in [1.82, 2.24) is 4.98 Å². The number of hydrogen-bond acceptors (Lipinski definition) is 10. The number of allylic oxidation sites excluding steroid dienone is 1. The standard InChI is InChI=1S/C10H12N2O2S.C10H16N2.C6H8N2.C3H4O/c1-13-4-5-14-7-2-3-8-9(6-7)15-10(11)12-8;1-3-12(4-2)10-7-5-9(11)6-8-10;7-5-1-2-6(8)4-3-5;1-2-3-4/h2-3,6H,4-5H2,1H3,(H2,11,12);5-8H,3-4,11H2,1-2H3;1-4H,7-8H2;2-3H,1H2. The van der Waals surface area contributed by atoms with Crippen LogP contribution >= 0.6 is 11.3 Å². The predicted octanol–water partition coefficient (Wildman–Crippen LogP) is 5.24. The van der Waals surface area contributed by atoms with Gasteiger partial charge in [-0.25, -0.2) is 4.98 Å². The topological polar surface area (TPSA) is 156 Å². The van der Waals surface area contributed by atoms with Crippen LogP contribution in [0.5, 0.6) is 5.75 Å². The Morgan fingerprint density at radius 1 is 0.872 bits per heavy atom. The smallest absolute Gasteiger partial charge is 0.181 e. The number of nitrogens with zero attached hydrogens (tertiary/aromatic N) is 2. The number of fused-ring (bicyclic) bond motifs is 1. The number of aromatic nitrogens is 1. The van der Waals surface area contributed by atoms with Crippen molar-refractivity contribution >= 4 is 55.7 Å². The highest BCUT2D eigenvalue weighted by atomic mass is 32.1. The van der Waals surface area contributed by atoms with Crippen molar-refractivity contribution in [1.29, 1.82) is 0 Å². The van der Waals surface area contributed by atoms with Crippen LogP contribution in [0.3, 0.4) is 0 Å². The van der Waals surface area contributed by atoms with Gasteiger partial charge >= 0.3 is 0 Å². The lowest BCUT2D eigenvalue weighted by Crippen LogP contribution is -2.21. The molecule has 0 radical (unpaired) electrons. The highest BCUT2D eigenvalue weighted by Gasteiger charge is 2.02. The Kier molecular flexibility index (Phi) is 15.9. The molecule has 0 aliphatic rings. The zero-order chi connectivity index (χ0) is 29.0. The van der Waals surface area contributed by atoms with Crippen LogP contribution in [0.1, 0.15) is 13.8 Å². The minimum absolute atomic E-state index is 0.552. The predicted molar refractivity (Wildman–Crippen MR) is 167 cm³/mol. The third-order valence-corrected chi connectivity index (χ3v) is 5.83. The molecule has 210 valence electrons. The van der Waals surface area contributed by atoms with Crippen molar-refractivity contribution in [3.63, 3.8) is 0 Å². The quantitative estimate of drug-likeness (QED) is 0.0993. The summed E-state index contributed by atoms with van der Waals surface area (Å²) in [6.07, 6.45) is 1.83. The first kappa shape index (κ1) is 32.7. The van der Waals surface area contributed by atoms with E-state index in [9.17, 15) is 0 Å². The molecule has 0 aliphatic heterocycles. The van der Waals surface area contributed by atoms with Crippen molar-refractivity contribution in [3.05, 3.63) is 79.4 Å². The molecular formula is C29H40N6O3S. The maximum absolute atomic E-state index is 9.06. The molecule has 0 bridgehead atoms. The summed E-state index contributed by atoms with van der Waals surface area (Å²) in [5.41, 5.74) is 26.4. The molecule has 3 aromatic carbocycles. The number of methoxy groups -OCH3 is 1. The average molecular weight is 553 g/mol. The third kappa shape index (κ3) is 13.2. The number of hydrogen-bond donors (Lipinski definition) is 4. The summed E-state index contributed by atoms with van der Waals surface area (Å²) in [4.78, 5) is 15.5.